The highest BCUT2D eigenvalue weighted by Gasteiger charge is 2.13. The molecule has 0 aliphatic heterocycles. The minimum atomic E-state index is -0.538. The summed E-state index contributed by atoms with van der Waals surface area (Å²) >= 11 is 2.63. The monoisotopic (exact) mass is 414 g/mol. The van der Waals surface area contributed by atoms with Gasteiger partial charge in [0.15, 0.2) is 0 Å². The lowest BCUT2D eigenvalue weighted by Crippen LogP contribution is -2.46. The Hall–Kier alpha value is -3.04. The minimum absolute atomic E-state index is 0.211. The SMILES string of the molecule is CCc1ccc(-c2nc(C(=O)NNC(=O)CNC(=O)c3cccs3)cs2)cc1. The van der Waals surface area contributed by atoms with Gasteiger partial charge in [0.1, 0.15) is 10.7 Å². The molecule has 3 rings (SSSR count). The highest BCUT2D eigenvalue weighted by molar-refractivity contribution is 7.13. The second-order valence-corrected chi connectivity index (χ2v) is 7.56. The Kier molecular flexibility index (Phi) is 6.51. The minimum Gasteiger partial charge on any atom is -0.342 e. The number of benzene rings is 1. The third-order valence-corrected chi connectivity index (χ3v) is 5.58. The number of nitrogens with one attached hydrogen (secondary N) is 3. The van der Waals surface area contributed by atoms with E-state index in [0.717, 1.165) is 17.0 Å². The lowest BCUT2D eigenvalue weighted by Gasteiger charge is -2.06. The normalized spacial score (nSPS) is 10.3. The van der Waals surface area contributed by atoms with E-state index in [1.165, 1.54) is 28.2 Å². The summed E-state index contributed by atoms with van der Waals surface area (Å²) < 4.78 is 0. The Morgan fingerprint density at radius 3 is 2.46 bits per heavy atom. The molecule has 2 aromatic heterocycles. The van der Waals surface area contributed by atoms with Crippen molar-refractivity contribution in [1.29, 1.82) is 0 Å². The van der Waals surface area contributed by atoms with Gasteiger partial charge >= 0.3 is 0 Å². The number of rotatable bonds is 6. The first-order valence-corrected chi connectivity index (χ1v) is 10.3. The van der Waals surface area contributed by atoms with Crippen LogP contribution in [0.2, 0.25) is 0 Å². The number of aryl methyl sites for hydroxylation is 1. The van der Waals surface area contributed by atoms with E-state index in [2.05, 4.69) is 28.1 Å². The fourth-order valence-corrected chi connectivity index (χ4v) is 3.73. The smallest absolute Gasteiger partial charge is 0.289 e. The Labute approximate surface area is 169 Å². The predicted molar refractivity (Wildman–Crippen MR) is 109 cm³/mol. The van der Waals surface area contributed by atoms with Crippen molar-refractivity contribution in [3.8, 4) is 10.6 Å². The molecule has 0 saturated heterocycles. The number of carbonyl (C=O) groups is 3. The molecule has 9 heteroatoms. The summed E-state index contributed by atoms with van der Waals surface area (Å²) in [6.07, 6.45) is 0.958. The first-order valence-electron chi connectivity index (χ1n) is 8.52. The van der Waals surface area contributed by atoms with Gasteiger partial charge in [0.2, 0.25) is 0 Å². The lowest BCUT2D eigenvalue weighted by molar-refractivity contribution is -0.120. The molecule has 0 radical (unpaired) electrons. The molecular formula is C19H18N4O3S2. The molecule has 0 unspecified atom stereocenters. The summed E-state index contributed by atoms with van der Waals surface area (Å²) in [7, 11) is 0. The van der Waals surface area contributed by atoms with E-state index in [0.29, 0.717) is 4.88 Å². The summed E-state index contributed by atoms with van der Waals surface area (Å²) in [5, 5.41) is 6.60. The molecule has 0 atom stereocenters. The Morgan fingerprint density at radius 2 is 1.79 bits per heavy atom. The number of amides is 3. The van der Waals surface area contributed by atoms with Crippen LogP contribution in [0, 0.1) is 0 Å². The maximum Gasteiger partial charge on any atom is 0.289 e. The van der Waals surface area contributed by atoms with E-state index in [9.17, 15) is 14.4 Å². The average Bonchev–Trinajstić information content (AvgIpc) is 3.42. The highest BCUT2D eigenvalue weighted by atomic mass is 32.1. The first-order chi connectivity index (χ1) is 13.6. The van der Waals surface area contributed by atoms with Crippen molar-refractivity contribution in [2.24, 2.45) is 0 Å². The predicted octanol–water partition coefficient (Wildman–Crippen LogP) is 2.62. The number of aromatic nitrogens is 1. The molecule has 1 aromatic carbocycles. The van der Waals surface area contributed by atoms with Crippen molar-refractivity contribution in [3.63, 3.8) is 0 Å². The van der Waals surface area contributed by atoms with Gasteiger partial charge in [0.25, 0.3) is 17.7 Å². The van der Waals surface area contributed by atoms with Gasteiger partial charge in [-0.3, -0.25) is 25.2 Å². The van der Waals surface area contributed by atoms with Crippen LogP contribution in [0.5, 0.6) is 0 Å². The van der Waals surface area contributed by atoms with Crippen LogP contribution in [0.4, 0.5) is 0 Å². The molecule has 0 saturated carbocycles. The van der Waals surface area contributed by atoms with Crippen LogP contribution in [0.1, 0.15) is 32.6 Å². The Bertz CT molecular complexity index is 965. The third kappa shape index (κ3) is 5.02. The van der Waals surface area contributed by atoms with E-state index in [1.807, 2.05) is 24.3 Å². The highest BCUT2D eigenvalue weighted by Crippen LogP contribution is 2.24. The molecule has 7 nitrogen and oxygen atoms in total. The summed E-state index contributed by atoms with van der Waals surface area (Å²) in [4.78, 5) is 40.5. The van der Waals surface area contributed by atoms with Crippen LogP contribution < -0.4 is 16.2 Å². The Morgan fingerprint density at radius 1 is 1.00 bits per heavy atom. The number of carbonyl (C=O) groups excluding carboxylic acids is 3. The Balaban J connectivity index is 1.48. The van der Waals surface area contributed by atoms with Gasteiger partial charge in [-0.2, -0.15) is 0 Å². The molecule has 0 aliphatic rings. The second kappa shape index (κ2) is 9.25. The molecule has 28 heavy (non-hydrogen) atoms. The summed E-state index contributed by atoms with van der Waals surface area (Å²) in [5.74, 6) is -1.40. The average molecular weight is 415 g/mol. The second-order valence-electron chi connectivity index (χ2n) is 5.75. The molecule has 0 bridgehead atoms. The number of hydrogen-bond acceptors (Lipinski definition) is 6. The van der Waals surface area contributed by atoms with Crippen molar-refractivity contribution in [3.05, 3.63) is 63.3 Å². The third-order valence-electron chi connectivity index (χ3n) is 3.82. The molecule has 3 aromatic rings. The quantitative estimate of drug-likeness (QED) is 0.540. The fourth-order valence-electron chi connectivity index (χ4n) is 2.28. The van der Waals surface area contributed by atoms with Crippen LogP contribution in [-0.4, -0.2) is 29.3 Å². The van der Waals surface area contributed by atoms with E-state index < -0.39 is 11.8 Å². The van der Waals surface area contributed by atoms with E-state index in [4.69, 9.17) is 0 Å². The van der Waals surface area contributed by atoms with Crippen LogP contribution in [0.25, 0.3) is 10.6 Å². The van der Waals surface area contributed by atoms with Crippen molar-refractivity contribution < 1.29 is 14.4 Å². The molecule has 0 aliphatic carbocycles. The molecule has 2 heterocycles. The number of hydrogen-bond donors (Lipinski definition) is 3. The van der Waals surface area contributed by atoms with Crippen molar-refractivity contribution in [2.75, 3.05) is 6.54 Å². The zero-order chi connectivity index (χ0) is 19.9. The van der Waals surface area contributed by atoms with Gasteiger partial charge in [-0.05, 0) is 23.4 Å². The van der Waals surface area contributed by atoms with Crippen molar-refractivity contribution in [2.45, 2.75) is 13.3 Å². The molecule has 3 N–H and O–H groups in total. The van der Waals surface area contributed by atoms with Crippen LogP contribution in [0.15, 0.2) is 47.2 Å². The number of thiazole rings is 1. The van der Waals surface area contributed by atoms with Gasteiger partial charge in [-0.25, -0.2) is 4.98 Å². The van der Waals surface area contributed by atoms with Gasteiger partial charge in [0, 0.05) is 10.9 Å². The molecule has 3 amide bonds. The largest absolute Gasteiger partial charge is 0.342 e. The molecular weight excluding hydrogens is 396 g/mol. The molecule has 144 valence electrons. The van der Waals surface area contributed by atoms with Gasteiger partial charge in [-0.1, -0.05) is 37.3 Å². The van der Waals surface area contributed by atoms with E-state index in [-0.39, 0.29) is 18.1 Å². The maximum absolute atomic E-state index is 12.2. The summed E-state index contributed by atoms with van der Waals surface area (Å²) in [5.41, 5.74) is 6.93. The topological polar surface area (TPSA) is 100 Å². The van der Waals surface area contributed by atoms with Gasteiger partial charge in [0.05, 0.1) is 11.4 Å². The van der Waals surface area contributed by atoms with Gasteiger partial charge in [-0.15, -0.1) is 22.7 Å². The number of hydrazine groups is 1. The number of thiophene rings is 1. The van der Waals surface area contributed by atoms with Crippen LogP contribution in [0.3, 0.4) is 0 Å². The summed E-state index contributed by atoms with van der Waals surface area (Å²) in [6, 6.07) is 11.4. The van der Waals surface area contributed by atoms with Crippen LogP contribution >= 0.6 is 22.7 Å². The van der Waals surface area contributed by atoms with Crippen LogP contribution in [-0.2, 0) is 11.2 Å². The zero-order valence-electron chi connectivity index (χ0n) is 15.0. The van der Waals surface area contributed by atoms with E-state index in [1.54, 1.807) is 22.9 Å². The fraction of sp³-hybridized carbons (Fsp3) is 0.158. The molecule has 0 spiro atoms. The van der Waals surface area contributed by atoms with Crippen molar-refractivity contribution in [1.82, 2.24) is 21.2 Å². The summed E-state index contributed by atoms with van der Waals surface area (Å²) in [6.45, 7) is 1.84. The molecule has 0 fully saturated rings. The standard InChI is InChI=1S/C19H18N4O3S2/c1-2-12-5-7-13(8-6-12)19-21-14(11-28-19)17(25)23-22-16(24)10-20-18(26)15-4-3-9-27-15/h3-9,11H,2,10H2,1H3,(H,20,26)(H,22,24)(H,23,25). The number of nitrogens with zero attached hydrogens (tertiary/aromatic N) is 1. The first kappa shape index (κ1) is 19.7. The van der Waals surface area contributed by atoms with Gasteiger partial charge < -0.3 is 5.32 Å². The lowest BCUT2D eigenvalue weighted by atomic mass is 10.1. The zero-order valence-corrected chi connectivity index (χ0v) is 16.7. The van der Waals surface area contributed by atoms with E-state index >= 15 is 0 Å². The maximum atomic E-state index is 12.2. The van der Waals surface area contributed by atoms with Crippen molar-refractivity contribution >= 4 is 40.4 Å².